The van der Waals surface area contributed by atoms with Crippen LogP contribution >= 0.6 is 31.9 Å². The third kappa shape index (κ3) is 2.84. The second-order valence-electron chi connectivity index (χ2n) is 3.86. The van der Waals surface area contributed by atoms with Gasteiger partial charge in [-0.1, -0.05) is 30.3 Å². The Morgan fingerprint density at radius 1 is 1.22 bits per heavy atom. The molecule has 0 aliphatic heterocycles. The van der Waals surface area contributed by atoms with E-state index in [1.54, 1.807) is 10.6 Å². The molecule has 94 valence electrons. The van der Waals surface area contributed by atoms with E-state index in [0.717, 1.165) is 15.5 Å². The van der Waals surface area contributed by atoms with Crippen molar-refractivity contribution < 1.29 is 9.90 Å². The highest BCUT2D eigenvalue weighted by molar-refractivity contribution is 9.13. The van der Waals surface area contributed by atoms with Crippen molar-refractivity contribution in [3.05, 3.63) is 56.7 Å². The summed E-state index contributed by atoms with van der Waals surface area (Å²) in [5.74, 6) is -0.922. The van der Waals surface area contributed by atoms with Crippen molar-refractivity contribution in [3.8, 4) is 0 Å². The summed E-state index contributed by atoms with van der Waals surface area (Å²) in [6, 6.07) is 11.6. The van der Waals surface area contributed by atoms with Gasteiger partial charge in [0.1, 0.15) is 5.69 Å². The van der Waals surface area contributed by atoms with Gasteiger partial charge in [-0.15, -0.1) is 0 Å². The summed E-state index contributed by atoms with van der Waals surface area (Å²) in [6.45, 7) is 0.623. The Labute approximate surface area is 122 Å². The smallest absolute Gasteiger partial charge is 0.352 e. The Hall–Kier alpha value is -1.07. The molecule has 0 amide bonds. The molecular weight excluding hydrogens is 362 g/mol. The van der Waals surface area contributed by atoms with E-state index in [9.17, 15) is 4.79 Å². The number of hydrogen-bond donors (Lipinski definition) is 1. The lowest BCUT2D eigenvalue weighted by Gasteiger charge is -2.08. The van der Waals surface area contributed by atoms with Gasteiger partial charge in [0.05, 0.1) is 9.08 Å². The SMILES string of the molecule is O=C(O)c1cc(Br)c(Br)n1CCc1ccccc1. The molecule has 0 radical (unpaired) electrons. The standard InChI is InChI=1S/C13H11Br2NO2/c14-10-8-11(13(17)18)16(12(10)15)7-6-9-4-2-1-3-5-9/h1-5,8H,6-7H2,(H,17,18). The fourth-order valence-corrected chi connectivity index (χ4v) is 2.69. The lowest BCUT2D eigenvalue weighted by Crippen LogP contribution is -2.10. The minimum atomic E-state index is -0.922. The largest absolute Gasteiger partial charge is 0.477 e. The zero-order valence-corrected chi connectivity index (χ0v) is 12.6. The molecule has 2 rings (SSSR count). The highest BCUT2D eigenvalue weighted by Crippen LogP contribution is 2.27. The van der Waals surface area contributed by atoms with Crippen LogP contribution in [0.5, 0.6) is 0 Å². The van der Waals surface area contributed by atoms with Gasteiger partial charge in [-0.2, -0.15) is 0 Å². The number of rotatable bonds is 4. The molecule has 0 unspecified atom stereocenters. The summed E-state index contributed by atoms with van der Waals surface area (Å²) in [4.78, 5) is 11.1. The van der Waals surface area contributed by atoms with E-state index in [0.29, 0.717) is 6.54 Å². The Balaban J connectivity index is 2.21. The first-order valence-corrected chi connectivity index (χ1v) is 7.00. The van der Waals surface area contributed by atoms with Crippen molar-refractivity contribution in [1.82, 2.24) is 4.57 Å². The second kappa shape index (κ2) is 5.71. The van der Waals surface area contributed by atoms with Gasteiger partial charge in [-0.3, -0.25) is 0 Å². The number of benzene rings is 1. The van der Waals surface area contributed by atoms with Crippen LogP contribution in [0.1, 0.15) is 16.1 Å². The lowest BCUT2D eigenvalue weighted by atomic mass is 10.1. The Morgan fingerprint density at radius 2 is 1.89 bits per heavy atom. The van der Waals surface area contributed by atoms with Crippen molar-refractivity contribution in [2.24, 2.45) is 0 Å². The van der Waals surface area contributed by atoms with Crippen molar-refractivity contribution in [3.63, 3.8) is 0 Å². The number of halogens is 2. The number of aryl methyl sites for hydroxylation is 1. The normalized spacial score (nSPS) is 10.6. The molecule has 1 heterocycles. The molecule has 5 heteroatoms. The fourth-order valence-electron chi connectivity index (χ4n) is 1.77. The average Bonchev–Trinajstić information content (AvgIpc) is 2.65. The second-order valence-corrected chi connectivity index (χ2v) is 5.47. The van der Waals surface area contributed by atoms with Crippen LogP contribution in [-0.4, -0.2) is 15.6 Å². The van der Waals surface area contributed by atoms with Crippen molar-refractivity contribution in [1.29, 1.82) is 0 Å². The van der Waals surface area contributed by atoms with Gasteiger partial charge < -0.3 is 9.67 Å². The molecule has 0 atom stereocenters. The molecule has 0 saturated heterocycles. The van der Waals surface area contributed by atoms with E-state index in [-0.39, 0.29) is 5.69 Å². The van der Waals surface area contributed by atoms with Gasteiger partial charge in [0.15, 0.2) is 0 Å². The topological polar surface area (TPSA) is 42.2 Å². The number of nitrogens with zero attached hydrogens (tertiary/aromatic N) is 1. The van der Waals surface area contributed by atoms with Gasteiger partial charge in [-0.05, 0) is 49.9 Å². The zero-order chi connectivity index (χ0) is 13.1. The van der Waals surface area contributed by atoms with Crippen molar-refractivity contribution in [2.75, 3.05) is 0 Å². The van der Waals surface area contributed by atoms with E-state index in [1.165, 1.54) is 5.56 Å². The summed E-state index contributed by atoms with van der Waals surface area (Å²) in [7, 11) is 0. The first-order chi connectivity index (χ1) is 8.59. The van der Waals surface area contributed by atoms with E-state index in [1.807, 2.05) is 30.3 Å². The number of aromatic carboxylic acids is 1. The van der Waals surface area contributed by atoms with Crippen LogP contribution in [0.2, 0.25) is 0 Å². The average molecular weight is 373 g/mol. The molecular formula is C13H11Br2NO2. The maximum absolute atomic E-state index is 11.1. The number of aromatic nitrogens is 1. The number of carbonyl (C=O) groups is 1. The number of carboxylic acids is 1. The maximum Gasteiger partial charge on any atom is 0.352 e. The Morgan fingerprint density at radius 3 is 2.50 bits per heavy atom. The quantitative estimate of drug-likeness (QED) is 0.882. The van der Waals surface area contributed by atoms with E-state index in [4.69, 9.17) is 5.11 Å². The monoisotopic (exact) mass is 371 g/mol. The molecule has 1 aromatic heterocycles. The van der Waals surface area contributed by atoms with Crippen LogP contribution in [0.4, 0.5) is 0 Å². The molecule has 2 aromatic rings. The number of carboxylic acid groups (broad SMARTS) is 1. The molecule has 0 aliphatic rings. The van der Waals surface area contributed by atoms with Crippen LogP contribution in [0, 0.1) is 0 Å². The molecule has 0 bridgehead atoms. The Kier molecular flexibility index (Phi) is 4.24. The molecule has 0 fully saturated rings. The zero-order valence-electron chi connectivity index (χ0n) is 9.44. The molecule has 0 aliphatic carbocycles. The van der Waals surface area contributed by atoms with Gasteiger partial charge in [-0.25, -0.2) is 4.79 Å². The third-order valence-electron chi connectivity index (χ3n) is 2.67. The van der Waals surface area contributed by atoms with Gasteiger partial charge >= 0.3 is 5.97 Å². The first kappa shape index (κ1) is 13.4. The number of hydrogen-bond acceptors (Lipinski definition) is 1. The summed E-state index contributed by atoms with van der Waals surface area (Å²) >= 11 is 6.73. The molecule has 0 saturated carbocycles. The highest BCUT2D eigenvalue weighted by Gasteiger charge is 2.16. The van der Waals surface area contributed by atoms with E-state index < -0.39 is 5.97 Å². The molecule has 1 N–H and O–H groups in total. The molecule has 3 nitrogen and oxygen atoms in total. The first-order valence-electron chi connectivity index (χ1n) is 5.41. The predicted octanol–water partition coefficient (Wildman–Crippen LogP) is 3.95. The molecule has 0 spiro atoms. The van der Waals surface area contributed by atoms with Gasteiger partial charge in [0.25, 0.3) is 0 Å². The van der Waals surface area contributed by atoms with Crippen molar-refractivity contribution >= 4 is 37.8 Å². The van der Waals surface area contributed by atoms with E-state index in [2.05, 4.69) is 31.9 Å². The van der Waals surface area contributed by atoms with Crippen molar-refractivity contribution in [2.45, 2.75) is 13.0 Å². The summed E-state index contributed by atoms with van der Waals surface area (Å²) in [5, 5.41) is 9.14. The molecule has 18 heavy (non-hydrogen) atoms. The highest BCUT2D eigenvalue weighted by atomic mass is 79.9. The summed E-state index contributed by atoms with van der Waals surface area (Å²) < 4.78 is 3.27. The predicted molar refractivity (Wildman–Crippen MR) is 76.9 cm³/mol. The van der Waals surface area contributed by atoms with Crippen LogP contribution in [0.25, 0.3) is 0 Å². The van der Waals surface area contributed by atoms with Crippen LogP contribution < -0.4 is 0 Å². The summed E-state index contributed by atoms with van der Waals surface area (Å²) in [6.07, 6.45) is 0.792. The Bertz CT molecular complexity index is 564. The lowest BCUT2D eigenvalue weighted by molar-refractivity contribution is 0.0684. The van der Waals surface area contributed by atoms with Crippen LogP contribution in [-0.2, 0) is 13.0 Å². The minimum absolute atomic E-state index is 0.282. The summed E-state index contributed by atoms with van der Waals surface area (Å²) in [5.41, 5.74) is 1.47. The van der Waals surface area contributed by atoms with Gasteiger partial charge in [0.2, 0.25) is 0 Å². The third-order valence-corrected chi connectivity index (χ3v) is 4.67. The molecule has 1 aromatic carbocycles. The maximum atomic E-state index is 11.1. The van der Waals surface area contributed by atoms with E-state index >= 15 is 0 Å². The van der Waals surface area contributed by atoms with Crippen LogP contribution in [0.3, 0.4) is 0 Å². The minimum Gasteiger partial charge on any atom is -0.477 e. The fraction of sp³-hybridized carbons (Fsp3) is 0.154. The van der Waals surface area contributed by atoms with Gasteiger partial charge in [0, 0.05) is 6.54 Å². The van der Waals surface area contributed by atoms with Crippen LogP contribution in [0.15, 0.2) is 45.5 Å².